The lowest BCUT2D eigenvalue weighted by molar-refractivity contribution is -0.264. The molecule has 0 aromatic heterocycles. The second-order valence-corrected chi connectivity index (χ2v) is 2.30. The Morgan fingerprint density at radius 2 is 1.57 bits per heavy atom. The van der Waals surface area contributed by atoms with E-state index in [2.05, 4.69) is 9.47 Å². The van der Waals surface area contributed by atoms with E-state index >= 15 is 0 Å². The van der Waals surface area contributed by atoms with Crippen molar-refractivity contribution in [2.24, 2.45) is 0 Å². The zero-order valence-electron chi connectivity index (χ0n) is 8.12. The quantitative estimate of drug-likeness (QED) is 0.637. The fourth-order valence-corrected chi connectivity index (χ4v) is 0.677. The summed E-state index contributed by atoms with van der Waals surface area (Å²) in [5, 5.41) is 0. The molecule has 0 amide bonds. The van der Waals surface area contributed by atoms with Gasteiger partial charge in [-0.2, -0.15) is 8.78 Å². The van der Waals surface area contributed by atoms with Gasteiger partial charge in [-0.25, -0.2) is 4.39 Å². The zero-order chi connectivity index (χ0) is 11.8. The van der Waals surface area contributed by atoms with Gasteiger partial charge in [0.1, 0.15) is 13.3 Å². The molecule has 1 aliphatic rings. The van der Waals surface area contributed by atoms with E-state index in [4.69, 9.17) is 0 Å². The summed E-state index contributed by atoms with van der Waals surface area (Å²) >= 11 is 0. The van der Waals surface area contributed by atoms with Gasteiger partial charge in [-0.05, 0) is 6.92 Å². The second-order valence-electron chi connectivity index (χ2n) is 2.30. The van der Waals surface area contributed by atoms with Gasteiger partial charge in [0.15, 0.2) is 0 Å². The Morgan fingerprint density at radius 1 is 1.14 bits per heavy atom. The Morgan fingerprint density at radius 3 is 1.71 bits per heavy atom. The SMILES string of the molecule is CC1(CF)OCC(F)(F)O1.CF.CF. The molecule has 0 N–H and O–H groups in total. The molecule has 0 saturated carbocycles. The summed E-state index contributed by atoms with van der Waals surface area (Å²) < 4.78 is 63.4. The monoisotopic (exact) mass is 224 g/mol. The molecule has 1 unspecified atom stereocenters. The Hall–Kier alpha value is -0.430. The van der Waals surface area contributed by atoms with Gasteiger partial charge in [-0.15, -0.1) is 0 Å². The van der Waals surface area contributed by atoms with Gasteiger partial charge >= 0.3 is 6.11 Å². The van der Waals surface area contributed by atoms with Crippen LogP contribution in [0.15, 0.2) is 0 Å². The Kier molecular flexibility index (Phi) is 7.94. The zero-order valence-corrected chi connectivity index (χ0v) is 8.12. The fraction of sp³-hybridized carbons (Fsp3) is 1.00. The minimum atomic E-state index is -3.33. The topological polar surface area (TPSA) is 18.5 Å². The van der Waals surface area contributed by atoms with E-state index in [1.807, 2.05) is 0 Å². The van der Waals surface area contributed by atoms with E-state index in [-0.39, 0.29) is 0 Å². The van der Waals surface area contributed by atoms with Crippen molar-refractivity contribution in [2.75, 3.05) is 27.6 Å². The first kappa shape index (κ1) is 16.0. The van der Waals surface area contributed by atoms with Gasteiger partial charge in [0, 0.05) is 0 Å². The molecule has 1 heterocycles. The van der Waals surface area contributed by atoms with Gasteiger partial charge in [-0.1, -0.05) is 0 Å². The van der Waals surface area contributed by atoms with E-state index < -0.39 is 25.2 Å². The molecule has 1 atom stereocenters. The Balaban J connectivity index is 0. The third-order valence-electron chi connectivity index (χ3n) is 1.15. The lowest BCUT2D eigenvalue weighted by Gasteiger charge is -2.17. The van der Waals surface area contributed by atoms with Crippen molar-refractivity contribution < 1.29 is 31.4 Å². The van der Waals surface area contributed by atoms with Crippen molar-refractivity contribution in [1.82, 2.24) is 0 Å². The van der Waals surface area contributed by atoms with Gasteiger partial charge in [-0.3, -0.25) is 13.5 Å². The van der Waals surface area contributed by atoms with E-state index in [1.165, 1.54) is 0 Å². The summed E-state index contributed by atoms with van der Waals surface area (Å²) in [5.74, 6) is -1.75. The summed E-state index contributed by atoms with van der Waals surface area (Å²) in [6, 6.07) is 0. The van der Waals surface area contributed by atoms with E-state index in [0.29, 0.717) is 14.4 Å². The maximum absolute atomic E-state index is 12.1. The molecule has 2 nitrogen and oxygen atoms in total. The molecule has 0 radical (unpaired) electrons. The first-order valence-corrected chi connectivity index (χ1v) is 3.51. The molecule has 0 spiro atoms. The average Bonchev–Trinajstić information content (AvgIpc) is 2.48. The molecule has 88 valence electrons. The largest absolute Gasteiger partial charge is 0.381 e. The van der Waals surface area contributed by atoms with E-state index in [0.717, 1.165) is 6.92 Å². The maximum Gasteiger partial charge on any atom is 0.381 e. The van der Waals surface area contributed by atoms with Crippen LogP contribution in [0, 0.1) is 0 Å². The number of halogens is 5. The number of hydrogen-bond acceptors (Lipinski definition) is 2. The molecule has 0 aromatic carbocycles. The molecule has 0 aliphatic carbocycles. The van der Waals surface area contributed by atoms with Crippen molar-refractivity contribution in [3.63, 3.8) is 0 Å². The lowest BCUT2D eigenvalue weighted by atomic mass is 10.4. The third-order valence-corrected chi connectivity index (χ3v) is 1.15. The van der Waals surface area contributed by atoms with Crippen LogP contribution in [0.4, 0.5) is 22.0 Å². The van der Waals surface area contributed by atoms with Crippen LogP contribution in [0.5, 0.6) is 0 Å². The molecular formula is C7H13F5O2. The number of ether oxygens (including phenoxy) is 2. The predicted octanol–water partition coefficient (Wildman–Crippen LogP) is 2.48. The minimum absolute atomic E-state index is 0.500. The van der Waals surface area contributed by atoms with Crippen LogP contribution in [-0.2, 0) is 9.47 Å². The van der Waals surface area contributed by atoms with Gasteiger partial charge < -0.3 is 4.74 Å². The normalized spacial score (nSPS) is 28.3. The van der Waals surface area contributed by atoms with Crippen molar-refractivity contribution in [3.8, 4) is 0 Å². The molecule has 0 aromatic rings. The van der Waals surface area contributed by atoms with Crippen LogP contribution in [0.2, 0.25) is 0 Å². The lowest BCUT2D eigenvalue weighted by Crippen LogP contribution is -2.30. The standard InChI is InChI=1S/C5H7F3O2.2CH3F/c1-4(2-6)9-3-5(7,8)10-4;2*1-2/h2-3H2,1H3;2*1H3. The summed E-state index contributed by atoms with van der Waals surface area (Å²) in [6.45, 7) is -0.802. The molecule has 7 heteroatoms. The van der Waals surface area contributed by atoms with Crippen molar-refractivity contribution in [2.45, 2.75) is 18.8 Å². The Bertz CT molecular complexity index is 144. The van der Waals surface area contributed by atoms with Gasteiger partial charge in [0.25, 0.3) is 0 Å². The molecule has 14 heavy (non-hydrogen) atoms. The highest BCUT2D eigenvalue weighted by molar-refractivity contribution is 4.72. The molecular weight excluding hydrogens is 211 g/mol. The van der Waals surface area contributed by atoms with E-state index in [9.17, 15) is 22.0 Å². The number of hydrogen-bond donors (Lipinski definition) is 0. The maximum atomic E-state index is 12.1. The van der Waals surface area contributed by atoms with Crippen molar-refractivity contribution in [3.05, 3.63) is 0 Å². The van der Waals surface area contributed by atoms with Crippen LogP contribution in [0.25, 0.3) is 0 Å². The van der Waals surface area contributed by atoms with Crippen LogP contribution in [0.1, 0.15) is 6.92 Å². The van der Waals surface area contributed by atoms with Crippen LogP contribution < -0.4 is 0 Å². The highest BCUT2D eigenvalue weighted by atomic mass is 19.3. The summed E-state index contributed by atoms with van der Waals surface area (Å²) in [5.41, 5.74) is 0. The molecule has 1 aliphatic heterocycles. The fourth-order valence-electron chi connectivity index (χ4n) is 0.677. The summed E-state index contributed by atoms with van der Waals surface area (Å²) in [4.78, 5) is 0. The van der Waals surface area contributed by atoms with E-state index in [1.54, 1.807) is 0 Å². The Labute approximate surface area is 79.0 Å². The summed E-state index contributed by atoms with van der Waals surface area (Å²) in [7, 11) is 1.00. The molecule has 1 saturated heterocycles. The highest BCUT2D eigenvalue weighted by Gasteiger charge is 2.49. The molecule has 1 rings (SSSR count). The second kappa shape index (κ2) is 6.94. The van der Waals surface area contributed by atoms with Crippen molar-refractivity contribution in [1.29, 1.82) is 0 Å². The average molecular weight is 224 g/mol. The first-order chi connectivity index (χ1) is 6.47. The molecule has 1 fully saturated rings. The van der Waals surface area contributed by atoms with Crippen LogP contribution in [-0.4, -0.2) is 39.5 Å². The summed E-state index contributed by atoms with van der Waals surface area (Å²) in [6.07, 6.45) is -3.33. The minimum Gasteiger partial charge on any atom is -0.338 e. The number of rotatable bonds is 1. The first-order valence-electron chi connectivity index (χ1n) is 3.51. The predicted molar refractivity (Wildman–Crippen MR) is 40.4 cm³/mol. The van der Waals surface area contributed by atoms with Gasteiger partial charge in [0.2, 0.25) is 5.79 Å². The van der Waals surface area contributed by atoms with Gasteiger partial charge in [0.05, 0.1) is 14.4 Å². The molecule has 0 bridgehead atoms. The smallest absolute Gasteiger partial charge is 0.338 e. The van der Waals surface area contributed by atoms with Crippen LogP contribution in [0.3, 0.4) is 0 Å². The van der Waals surface area contributed by atoms with Crippen molar-refractivity contribution >= 4 is 0 Å². The number of alkyl halides is 5. The highest BCUT2D eigenvalue weighted by Crippen LogP contribution is 2.33. The van der Waals surface area contributed by atoms with Crippen LogP contribution >= 0.6 is 0 Å². The third kappa shape index (κ3) is 5.33.